The van der Waals surface area contributed by atoms with Crippen LogP contribution in [0, 0.1) is 11.8 Å². The van der Waals surface area contributed by atoms with E-state index in [2.05, 4.69) is 37.3 Å². The summed E-state index contributed by atoms with van der Waals surface area (Å²) < 4.78 is 0. The predicted molar refractivity (Wildman–Crippen MR) is 77.5 cm³/mol. The molecule has 0 heterocycles. The fourth-order valence-electron chi connectivity index (χ4n) is 2.79. The van der Waals surface area contributed by atoms with Gasteiger partial charge in [-0.15, -0.1) is 11.8 Å². The Labute approximate surface area is 110 Å². The van der Waals surface area contributed by atoms with Crippen LogP contribution >= 0.6 is 11.8 Å². The van der Waals surface area contributed by atoms with Gasteiger partial charge in [0.15, 0.2) is 0 Å². The third-order valence-corrected chi connectivity index (χ3v) is 5.13. The first-order chi connectivity index (χ1) is 8.38. The SMILES string of the molecule is CCC1CCC(CCSc2ccccc2)CC1. The number of benzene rings is 1. The van der Waals surface area contributed by atoms with E-state index in [4.69, 9.17) is 0 Å². The van der Waals surface area contributed by atoms with E-state index in [9.17, 15) is 0 Å². The molecule has 0 aliphatic heterocycles. The van der Waals surface area contributed by atoms with Crippen LogP contribution < -0.4 is 0 Å². The molecule has 0 spiro atoms. The first kappa shape index (κ1) is 13.0. The van der Waals surface area contributed by atoms with Gasteiger partial charge >= 0.3 is 0 Å². The van der Waals surface area contributed by atoms with Crippen molar-refractivity contribution in [2.24, 2.45) is 11.8 Å². The quantitative estimate of drug-likeness (QED) is 0.630. The lowest BCUT2D eigenvalue weighted by molar-refractivity contribution is 0.265. The summed E-state index contributed by atoms with van der Waals surface area (Å²) in [5, 5.41) is 0. The van der Waals surface area contributed by atoms with Gasteiger partial charge in [-0.25, -0.2) is 0 Å². The van der Waals surface area contributed by atoms with Gasteiger partial charge in [0.1, 0.15) is 0 Å². The van der Waals surface area contributed by atoms with E-state index in [1.165, 1.54) is 49.2 Å². The molecule has 0 amide bonds. The molecule has 0 nitrogen and oxygen atoms in total. The minimum absolute atomic E-state index is 1.01. The Morgan fingerprint density at radius 1 is 1.00 bits per heavy atom. The van der Waals surface area contributed by atoms with E-state index in [0.717, 1.165) is 11.8 Å². The lowest BCUT2D eigenvalue weighted by atomic mass is 9.80. The molecule has 17 heavy (non-hydrogen) atoms. The van der Waals surface area contributed by atoms with Gasteiger partial charge in [0.2, 0.25) is 0 Å². The van der Waals surface area contributed by atoms with Gasteiger partial charge in [-0.05, 0) is 36.1 Å². The smallest absolute Gasteiger partial charge is 0.00719 e. The van der Waals surface area contributed by atoms with E-state index in [1.807, 2.05) is 11.8 Å². The molecular formula is C16H24S. The summed E-state index contributed by atoms with van der Waals surface area (Å²) in [4.78, 5) is 1.43. The van der Waals surface area contributed by atoms with Gasteiger partial charge in [-0.2, -0.15) is 0 Å². The number of thioether (sulfide) groups is 1. The van der Waals surface area contributed by atoms with Crippen molar-refractivity contribution in [3.05, 3.63) is 30.3 Å². The standard InChI is InChI=1S/C16H24S/c1-2-14-8-10-15(11-9-14)12-13-17-16-6-4-3-5-7-16/h3-7,14-15H,2,8-13H2,1H3. The van der Waals surface area contributed by atoms with Gasteiger partial charge in [-0.3, -0.25) is 0 Å². The zero-order chi connectivity index (χ0) is 11.9. The zero-order valence-corrected chi connectivity index (χ0v) is 11.7. The highest BCUT2D eigenvalue weighted by atomic mass is 32.2. The van der Waals surface area contributed by atoms with Crippen molar-refractivity contribution in [1.82, 2.24) is 0 Å². The zero-order valence-electron chi connectivity index (χ0n) is 10.9. The molecule has 0 saturated heterocycles. The number of hydrogen-bond donors (Lipinski definition) is 0. The van der Waals surface area contributed by atoms with Crippen molar-refractivity contribution in [3.63, 3.8) is 0 Å². The van der Waals surface area contributed by atoms with Gasteiger partial charge < -0.3 is 0 Å². The Kier molecular flexibility index (Phi) is 5.44. The molecule has 2 rings (SSSR count). The Morgan fingerprint density at radius 2 is 1.65 bits per heavy atom. The van der Waals surface area contributed by atoms with Crippen LogP contribution in [0.3, 0.4) is 0 Å². The largest absolute Gasteiger partial charge is 0.126 e. The average molecular weight is 248 g/mol. The van der Waals surface area contributed by atoms with Crippen LogP contribution in [0.4, 0.5) is 0 Å². The summed E-state index contributed by atoms with van der Waals surface area (Å²) in [5.41, 5.74) is 0. The molecule has 1 saturated carbocycles. The van der Waals surface area contributed by atoms with Gasteiger partial charge in [-0.1, -0.05) is 57.2 Å². The summed E-state index contributed by atoms with van der Waals surface area (Å²) in [7, 11) is 0. The molecule has 0 radical (unpaired) electrons. The molecule has 0 N–H and O–H groups in total. The fourth-order valence-corrected chi connectivity index (χ4v) is 3.83. The Hall–Kier alpha value is -0.430. The molecule has 0 bridgehead atoms. The maximum absolute atomic E-state index is 2.34. The molecule has 1 aliphatic carbocycles. The highest BCUT2D eigenvalue weighted by molar-refractivity contribution is 7.99. The summed E-state index contributed by atoms with van der Waals surface area (Å²) in [5.74, 6) is 3.34. The maximum Gasteiger partial charge on any atom is 0.00719 e. The lowest BCUT2D eigenvalue weighted by Gasteiger charge is -2.27. The van der Waals surface area contributed by atoms with Crippen LogP contribution in [-0.2, 0) is 0 Å². The van der Waals surface area contributed by atoms with Crippen molar-refractivity contribution in [1.29, 1.82) is 0 Å². The third-order valence-electron chi connectivity index (χ3n) is 4.08. The second-order valence-corrected chi connectivity index (χ2v) is 6.41. The van der Waals surface area contributed by atoms with E-state index in [0.29, 0.717) is 0 Å². The van der Waals surface area contributed by atoms with Crippen LogP contribution in [0.1, 0.15) is 45.4 Å². The van der Waals surface area contributed by atoms with E-state index in [1.54, 1.807) is 0 Å². The molecule has 0 unspecified atom stereocenters. The third kappa shape index (κ3) is 4.39. The Balaban J connectivity index is 1.63. The molecule has 1 heteroatoms. The molecule has 0 aromatic heterocycles. The van der Waals surface area contributed by atoms with Crippen LogP contribution in [0.5, 0.6) is 0 Å². The highest BCUT2D eigenvalue weighted by Gasteiger charge is 2.19. The van der Waals surface area contributed by atoms with E-state index < -0.39 is 0 Å². The molecule has 1 fully saturated rings. The second-order valence-electron chi connectivity index (χ2n) is 5.25. The minimum Gasteiger partial charge on any atom is -0.126 e. The lowest BCUT2D eigenvalue weighted by Crippen LogP contribution is -2.14. The van der Waals surface area contributed by atoms with E-state index in [-0.39, 0.29) is 0 Å². The first-order valence-corrected chi connectivity index (χ1v) is 8.05. The summed E-state index contributed by atoms with van der Waals surface area (Å²) in [6.07, 6.45) is 8.73. The molecule has 1 aliphatic rings. The normalized spacial score (nSPS) is 24.8. The van der Waals surface area contributed by atoms with Crippen LogP contribution in [0.25, 0.3) is 0 Å². The van der Waals surface area contributed by atoms with Crippen LogP contribution in [0.2, 0.25) is 0 Å². The van der Waals surface area contributed by atoms with E-state index >= 15 is 0 Å². The van der Waals surface area contributed by atoms with Gasteiger partial charge in [0, 0.05) is 4.90 Å². The summed E-state index contributed by atoms with van der Waals surface area (Å²) >= 11 is 2.02. The van der Waals surface area contributed by atoms with Crippen LogP contribution in [0.15, 0.2) is 35.2 Å². The monoisotopic (exact) mass is 248 g/mol. The van der Waals surface area contributed by atoms with Crippen molar-refractivity contribution < 1.29 is 0 Å². The highest BCUT2D eigenvalue weighted by Crippen LogP contribution is 2.33. The van der Waals surface area contributed by atoms with Crippen molar-refractivity contribution in [3.8, 4) is 0 Å². The van der Waals surface area contributed by atoms with Crippen molar-refractivity contribution in [2.45, 2.75) is 50.3 Å². The summed E-state index contributed by atoms with van der Waals surface area (Å²) in [6.45, 7) is 2.34. The molecule has 1 aromatic rings. The molecular weight excluding hydrogens is 224 g/mol. The topological polar surface area (TPSA) is 0 Å². The molecule has 1 aromatic carbocycles. The van der Waals surface area contributed by atoms with Crippen LogP contribution in [-0.4, -0.2) is 5.75 Å². The molecule has 94 valence electrons. The average Bonchev–Trinajstić information content (AvgIpc) is 2.41. The fraction of sp³-hybridized carbons (Fsp3) is 0.625. The van der Waals surface area contributed by atoms with Crippen molar-refractivity contribution in [2.75, 3.05) is 5.75 Å². The maximum atomic E-state index is 2.34. The van der Waals surface area contributed by atoms with Gasteiger partial charge in [0.05, 0.1) is 0 Å². The summed E-state index contributed by atoms with van der Waals surface area (Å²) in [6, 6.07) is 10.8. The van der Waals surface area contributed by atoms with Gasteiger partial charge in [0.25, 0.3) is 0 Å². The Bertz CT molecular complexity index is 299. The number of rotatable bonds is 5. The van der Waals surface area contributed by atoms with Crippen molar-refractivity contribution >= 4 is 11.8 Å². The second kappa shape index (κ2) is 7.10. The first-order valence-electron chi connectivity index (χ1n) is 7.06. The minimum atomic E-state index is 1.01. The predicted octanol–water partition coefficient (Wildman–Crippen LogP) is 5.39. The molecule has 0 atom stereocenters. The number of hydrogen-bond acceptors (Lipinski definition) is 1. The Morgan fingerprint density at radius 3 is 2.29 bits per heavy atom.